The third-order valence-electron chi connectivity index (χ3n) is 1.48. The molecule has 0 spiro atoms. The van der Waals surface area contributed by atoms with Crippen LogP contribution in [-0.2, 0) is 4.74 Å². The van der Waals surface area contributed by atoms with Gasteiger partial charge in [-0.15, -0.1) is 0 Å². The van der Waals surface area contributed by atoms with E-state index in [9.17, 15) is 4.79 Å². The van der Waals surface area contributed by atoms with Crippen LogP contribution < -0.4 is 22.1 Å². The summed E-state index contributed by atoms with van der Waals surface area (Å²) < 4.78 is 5.02. The summed E-state index contributed by atoms with van der Waals surface area (Å²) >= 11 is 0. The highest BCUT2D eigenvalue weighted by Crippen LogP contribution is 2.07. The Labute approximate surface area is 98.9 Å². The molecule has 0 saturated carbocycles. The summed E-state index contributed by atoms with van der Waals surface area (Å²) in [6.07, 6.45) is 0.889. The van der Waals surface area contributed by atoms with E-state index in [1.807, 2.05) is 0 Å². The van der Waals surface area contributed by atoms with Gasteiger partial charge in [0.2, 0.25) is 5.95 Å². The fraction of sp³-hybridized carbons (Fsp3) is 0.444. The lowest BCUT2D eigenvalue weighted by Gasteiger charge is -2.19. The SMILES string of the molecule is CC(C)(C)OC(=O)NNc1ccnc(NN)n1. The second-order valence-corrected chi connectivity index (χ2v) is 4.16. The van der Waals surface area contributed by atoms with E-state index in [4.69, 9.17) is 10.6 Å². The Morgan fingerprint density at radius 3 is 2.76 bits per heavy atom. The van der Waals surface area contributed by atoms with Crippen molar-refractivity contribution in [3.05, 3.63) is 12.3 Å². The topological polar surface area (TPSA) is 114 Å². The Balaban J connectivity index is 2.47. The van der Waals surface area contributed by atoms with Crippen molar-refractivity contribution < 1.29 is 9.53 Å². The first-order valence-electron chi connectivity index (χ1n) is 4.95. The highest BCUT2D eigenvalue weighted by atomic mass is 16.6. The molecule has 1 rings (SSSR count). The molecule has 0 aliphatic heterocycles. The largest absolute Gasteiger partial charge is 0.443 e. The van der Waals surface area contributed by atoms with Crippen molar-refractivity contribution in [1.82, 2.24) is 15.4 Å². The molecule has 0 bridgehead atoms. The number of nitrogens with zero attached hydrogens (tertiary/aromatic N) is 2. The molecule has 0 fully saturated rings. The van der Waals surface area contributed by atoms with Gasteiger partial charge in [0, 0.05) is 12.3 Å². The van der Waals surface area contributed by atoms with E-state index in [2.05, 4.69) is 26.2 Å². The van der Waals surface area contributed by atoms with Crippen molar-refractivity contribution in [3.63, 3.8) is 0 Å². The monoisotopic (exact) mass is 240 g/mol. The Kier molecular flexibility index (Phi) is 4.05. The second-order valence-electron chi connectivity index (χ2n) is 4.16. The first-order valence-corrected chi connectivity index (χ1v) is 4.95. The van der Waals surface area contributed by atoms with Crippen LogP contribution in [0, 0.1) is 0 Å². The van der Waals surface area contributed by atoms with Gasteiger partial charge in [-0.05, 0) is 20.8 Å². The Hall–Kier alpha value is -2.09. The maximum absolute atomic E-state index is 11.3. The quantitative estimate of drug-likeness (QED) is 0.452. The number of hydrogen-bond donors (Lipinski definition) is 4. The zero-order valence-corrected chi connectivity index (χ0v) is 9.94. The number of hydrazine groups is 2. The predicted molar refractivity (Wildman–Crippen MR) is 62.8 cm³/mol. The Morgan fingerprint density at radius 1 is 1.47 bits per heavy atom. The van der Waals surface area contributed by atoms with Gasteiger partial charge < -0.3 is 4.74 Å². The number of ether oxygens (including phenoxy) is 1. The number of carbonyl (C=O) groups is 1. The van der Waals surface area contributed by atoms with Gasteiger partial charge in [0.15, 0.2) is 0 Å². The number of carbonyl (C=O) groups excluding carboxylic acids is 1. The summed E-state index contributed by atoms with van der Waals surface area (Å²) in [6, 6.07) is 1.57. The summed E-state index contributed by atoms with van der Waals surface area (Å²) in [5, 5.41) is 0. The normalized spacial score (nSPS) is 10.6. The predicted octanol–water partition coefficient (Wildman–Crippen LogP) is 0.614. The van der Waals surface area contributed by atoms with Gasteiger partial charge in [-0.3, -0.25) is 10.9 Å². The van der Waals surface area contributed by atoms with Crippen molar-refractivity contribution in [2.24, 2.45) is 5.84 Å². The molecule has 94 valence electrons. The molecule has 0 radical (unpaired) electrons. The lowest BCUT2D eigenvalue weighted by atomic mass is 10.2. The highest BCUT2D eigenvalue weighted by molar-refractivity contribution is 5.69. The van der Waals surface area contributed by atoms with Crippen LogP contribution in [0.15, 0.2) is 12.3 Å². The first-order chi connectivity index (χ1) is 7.90. The lowest BCUT2D eigenvalue weighted by Crippen LogP contribution is -2.36. The summed E-state index contributed by atoms with van der Waals surface area (Å²) in [7, 11) is 0. The van der Waals surface area contributed by atoms with Crippen LogP contribution in [0.3, 0.4) is 0 Å². The van der Waals surface area contributed by atoms with E-state index >= 15 is 0 Å². The van der Waals surface area contributed by atoms with E-state index in [-0.39, 0.29) is 5.95 Å². The first kappa shape index (κ1) is 13.0. The molecule has 8 nitrogen and oxygen atoms in total. The number of amides is 1. The number of anilines is 2. The molecule has 17 heavy (non-hydrogen) atoms. The van der Waals surface area contributed by atoms with Crippen molar-refractivity contribution >= 4 is 17.9 Å². The number of nitrogen functional groups attached to an aromatic ring is 1. The van der Waals surface area contributed by atoms with E-state index in [0.717, 1.165) is 0 Å². The van der Waals surface area contributed by atoms with Crippen molar-refractivity contribution in [2.45, 2.75) is 26.4 Å². The molecule has 1 aromatic heterocycles. The average Bonchev–Trinajstić information content (AvgIpc) is 2.24. The van der Waals surface area contributed by atoms with Crippen LogP contribution in [0.1, 0.15) is 20.8 Å². The average molecular weight is 240 g/mol. The maximum Gasteiger partial charge on any atom is 0.426 e. The van der Waals surface area contributed by atoms with E-state index in [1.165, 1.54) is 6.20 Å². The maximum atomic E-state index is 11.3. The molecule has 0 aliphatic carbocycles. The summed E-state index contributed by atoms with van der Waals surface area (Å²) in [6.45, 7) is 5.31. The smallest absolute Gasteiger partial charge is 0.426 e. The van der Waals surface area contributed by atoms with E-state index in [0.29, 0.717) is 5.82 Å². The van der Waals surface area contributed by atoms with Crippen LogP contribution in [0.4, 0.5) is 16.6 Å². The van der Waals surface area contributed by atoms with Gasteiger partial charge in [-0.2, -0.15) is 4.98 Å². The molecule has 1 heterocycles. The number of nitrogens with two attached hydrogens (primary N) is 1. The molecular formula is C9H16N6O2. The minimum atomic E-state index is -0.599. The zero-order chi connectivity index (χ0) is 12.9. The fourth-order valence-corrected chi connectivity index (χ4v) is 0.917. The minimum absolute atomic E-state index is 0.237. The van der Waals surface area contributed by atoms with Gasteiger partial charge in [0.25, 0.3) is 0 Å². The third kappa shape index (κ3) is 4.98. The third-order valence-corrected chi connectivity index (χ3v) is 1.48. The van der Waals surface area contributed by atoms with Crippen LogP contribution >= 0.6 is 0 Å². The van der Waals surface area contributed by atoms with Gasteiger partial charge in [0.05, 0.1) is 0 Å². The fourth-order valence-electron chi connectivity index (χ4n) is 0.917. The van der Waals surface area contributed by atoms with Crippen LogP contribution in [0.25, 0.3) is 0 Å². The Bertz CT molecular complexity index is 389. The molecule has 1 aromatic rings. The number of nitrogens with one attached hydrogen (secondary N) is 3. The van der Waals surface area contributed by atoms with Crippen molar-refractivity contribution in [1.29, 1.82) is 0 Å². The molecule has 0 saturated heterocycles. The molecule has 5 N–H and O–H groups in total. The number of hydrogen-bond acceptors (Lipinski definition) is 7. The van der Waals surface area contributed by atoms with Crippen molar-refractivity contribution in [3.8, 4) is 0 Å². The molecule has 0 aliphatic rings. The number of rotatable bonds is 3. The summed E-state index contributed by atoms with van der Waals surface area (Å²) in [5.74, 6) is 5.77. The molecule has 1 amide bonds. The molecule has 0 aromatic carbocycles. The second kappa shape index (κ2) is 5.30. The lowest BCUT2D eigenvalue weighted by molar-refractivity contribution is 0.0541. The minimum Gasteiger partial charge on any atom is -0.443 e. The van der Waals surface area contributed by atoms with Crippen LogP contribution in [0.5, 0.6) is 0 Å². The van der Waals surface area contributed by atoms with Crippen LogP contribution in [-0.4, -0.2) is 21.7 Å². The molecule has 8 heteroatoms. The summed E-state index contributed by atoms with van der Waals surface area (Å²) in [4.78, 5) is 19.1. The standard InChI is InChI=1S/C9H16N6O2/c1-9(2,3)17-8(16)15-14-6-4-5-11-7(12-6)13-10/h4-5H,10H2,1-3H3,(H,15,16)(H2,11,12,13,14). The molecule has 0 unspecified atom stereocenters. The van der Waals surface area contributed by atoms with Gasteiger partial charge in [0.1, 0.15) is 11.4 Å². The van der Waals surface area contributed by atoms with Gasteiger partial charge in [-0.25, -0.2) is 21.0 Å². The van der Waals surface area contributed by atoms with Gasteiger partial charge >= 0.3 is 6.09 Å². The Morgan fingerprint density at radius 2 is 2.18 bits per heavy atom. The van der Waals surface area contributed by atoms with Crippen molar-refractivity contribution in [2.75, 3.05) is 10.9 Å². The highest BCUT2D eigenvalue weighted by Gasteiger charge is 2.15. The molecule has 0 atom stereocenters. The van der Waals surface area contributed by atoms with E-state index < -0.39 is 11.7 Å². The molecular weight excluding hydrogens is 224 g/mol. The number of aromatic nitrogens is 2. The zero-order valence-electron chi connectivity index (χ0n) is 9.94. The van der Waals surface area contributed by atoms with Gasteiger partial charge in [-0.1, -0.05) is 0 Å². The van der Waals surface area contributed by atoms with Crippen LogP contribution in [0.2, 0.25) is 0 Å². The van der Waals surface area contributed by atoms with E-state index in [1.54, 1.807) is 26.8 Å². The summed E-state index contributed by atoms with van der Waals surface area (Å²) in [5.41, 5.74) is 6.64.